The van der Waals surface area contributed by atoms with Crippen LogP contribution < -0.4 is 10.2 Å². The predicted octanol–water partition coefficient (Wildman–Crippen LogP) is 4.28. The number of rotatable bonds is 8. The zero-order valence-corrected chi connectivity index (χ0v) is 22.6. The van der Waals surface area contributed by atoms with Crippen molar-refractivity contribution in [2.24, 2.45) is 0 Å². The van der Waals surface area contributed by atoms with Crippen molar-refractivity contribution >= 4 is 22.6 Å². The lowest BCUT2D eigenvalue weighted by Gasteiger charge is -2.37. The molecular formula is C28H33F3N6O3. The summed E-state index contributed by atoms with van der Waals surface area (Å²) < 4.78 is 51.3. The van der Waals surface area contributed by atoms with Crippen LogP contribution in [0.5, 0.6) is 0 Å². The summed E-state index contributed by atoms with van der Waals surface area (Å²) in [6.45, 7) is 11.2. The van der Waals surface area contributed by atoms with E-state index in [0.717, 1.165) is 54.7 Å². The largest absolute Gasteiger partial charge is 0.418 e. The average molecular weight is 559 g/mol. The molecule has 0 aliphatic carbocycles. The molecule has 1 amide bonds. The van der Waals surface area contributed by atoms with Gasteiger partial charge in [-0.15, -0.1) is 6.58 Å². The van der Waals surface area contributed by atoms with Gasteiger partial charge < -0.3 is 24.5 Å². The van der Waals surface area contributed by atoms with Gasteiger partial charge >= 0.3 is 6.18 Å². The molecule has 1 atom stereocenters. The molecule has 12 heteroatoms. The van der Waals surface area contributed by atoms with Gasteiger partial charge in [-0.25, -0.2) is 4.98 Å². The number of aryl methyl sites for hydroxylation is 2. The highest BCUT2D eigenvalue weighted by Crippen LogP contribution is 2.34. The van der Waals surface area contributed by atoms with Crippen LogP contribution in [0.2, 0.25) is 0 Å². The molecule has 0 saturated carbocycles. The van der Waals surface area contributed by atoms with Gasteiger partial charge in [0.25, 0.3) is 0 Å². The van der Waals surface area contributed by atoms with Crippen molar-refractivity contribution in [1.29, 1.82) is 0 Å². The van der Waals surface area contributed by atoms with Crippen molar-refractivity contribution < 1.29 is 27.2 Å². The number of carbonyl (C=O) groups excluding carboxylic acids is 1. The van der Waals surface area contributed by atoms with Gasteiger partial charge in [-0.05, 0) is 44.4 Å². The number of imidazole rings is 1. The fourth-order valence-electron chi connectivity index (χ4n) is 5.65. The summed E-state index contributed by atoms with van der Waals surface area (Å²) in [6, 6.07) is 4.17. The van der Waals surface area contributed by atoms with Crippen LogP contribution in [-0.4, -0.2) is 70.9 Å². The molecule has 2 saturated heterocycles. The van der Waals surface area contributed by atoms with Gasteiger partial charge in [0.15, 0.2) is 5.76 Å². The summed E-state index contributed by atoms with van der Waals surface area (Å²) in [6.07, 6.45) is 0.403. The highest BCUT2D eigenvalue weighted by Gasteiger charge is 2.36. The molecule has 2 aliphatic heterocycles. The molecule has 2 aliphatic rings. The molecule has 0 spiro atoms. The van der Waals surface area contributed by atoms with Crippen LogP contribution in [0.15, 0.2) is 47.2 Å². The Morgan fingerprint density at radius 2 is 2.08 bits per heavy atom. The number of anilines is 1. The molecular weight excluding hydrogens is 525 g/mol. The zero-order valence-electron chi connectivity index (χ0n) is 22.6. The Hall–Kier alpha value is -3.64. The fraction of sp³-hybridized carbons (Fsp3) is 0.464. The molecule has 0 unspecified atom stereocenters. The SMILES string of the molecule is C=CCO[C@H]1CN(C2CCN(c3c(C)noc3C)CC2)C/C1=C\NC(=O)Cc1nc2c(C(F)(F)F)cccc2[nH]1. The van der Waals surface area contributed by atoms with Gasteiger partial charge in [0.1, 0.15) is 22.7 Å². The number of aromatic nitrogens is 3. The number of hydrogen-bond acceptors (Lipinski definition) is 7. The molecule has 2 fully saturated rings. The summed E-state index contributed by atoms with van der Waals surface area (Å²) in [5, 5.41) is 6.87. The number of aromatic amines is 1. The second-order valence-corrected chi connectivity index (χ2v) is 10.3. The van der Waals surface area contributed by atoms with E-state index in [4.69, 9.17) is 9.26 Å². The number of alkyl halides is 3. The summed E-state index contributed by atoms with van der Waals surface area (Å²) in [5.41, 5.74) is 2.13. The molecule has 40 heavy (non-hydrogen) atoms. The first-order valence-electron chi connectivity index (χ1n) is 13.3. The normalized spacial score (nSPS) is 20.1. The maximum atomic E-state index is 13.3. The zero-order chi connectivity index (χ0) is 28.4. The Labute approximate surface area is 230 Å². The molecule has 0 bridgehead atoms. The summed E-state index contributed by atoms with van der Waals surface area (Å²) in [4.78, 5) is 24.3. The minimum absolute atomic E-state index is 0.167. The molecule has 2 aromatic heterocycles. The van der Waals surface area contributed by atoms with Gasteiger partial charge in [0, 0.05) is 38.4 Å². The number of para-hydroxylation sites is 1. The summed E-state index contributed by atoms with van der Waals surface area (Å²) >= 11 is 0. The number of fused-ring (bicyclic) bond motifs is 1. The number of H-pyrrole nitrogens is 1. The van der Waals surface area contributed by atoms with E-state index in [1.54, 1.807) is 12.3 Å². The average Bonchev–Trinajstić information content (AvgIpc) is 3.61. The van der Waals surface area contributed by atoms with Gasteiger partial charge in [-0.3, -0.25) is 9.69 Å². The second kappa shape index (κ2) is 11.5. The van der Waals surface area contributed by atoms with Crippen LogP contribution in [0.4, 0.5) is 18.9 Å². The number of carbonyl (C=O) groups is 1. The number of amides is 1. The first-order valence-corrected chi connectivity index (χ1v) is 13.3. The molecule has 0 radical (unpaired) electrons. The maximum Gasteiger partial charge on any atom is 0.418 e. The van der Waals surface area contributed by atoms with Crippen molar-refractivity contribution in [2.75, 3.05) is 37.7 Å². The number of ether oxygens (including phenoxy) is 1. The third-order valence-electron chi connectivity index (χ3n) is 7.52. The number of nitrogens with one attached hydrogen (secondary N) is 2. The van der Waals surface area contributed by atoms with Crippen molar-refractivity contribution in [1.82, 2.24) is 25.3 Å². The first-order chi connectivity index (χ1) is 19.1. The van der Waals surface area contributed by atoms with Crippen LogP contribution in [0.25, 0.3) is 11.0 Å². The number of piperidine rings is 1. The van der Waals surface area contributed by atoms with Crippen molar-refractivity contribution in [3.05, 3.63) is 65.5 Å². The van der Waals surface area contributed by atoms with Crippen LogP contribution in [-0.2, 0) is 22.1 Å². The van der Waals surface area contributed by atoms with E-state index >= 15 is 0 Å². The van der Waals surface area contributed by atoms with E-state index < -0.39 is 11.7 Å². The lowest BCUT2D eigenvalue weighted by molar-refractivity contribution is -0.136. The minimum Gasteiger partial charge on any atom is -0.368 e. The molecule has 4 heterocycles. The number of hydrogen-bond donors (Lipinski definition) is 2. The number of benzene rings is 1. The Bertz CT molecular complexity index is 1380. The lowest BCUT2D eigenvalue weighted by Crippen LogP contribution is -2.44. The molecule has 214 valence electrons. The van der Waals surface area contributed by atoms with Crippen molar-refractivity contribution in [3.8, 4) is 0 Å². The van der Waals surface area contributed by atoms with Crippen LogP contribution in [0.3, 0.4) is 0 Å². The fourth-order valence-corrected chi connectivity index (χ4v) is 5.65. The number of nitrogens with zero attached hydrogens (tertiary/aromatic N) is 4. The summed E-state index contributed by atoms with van der Waals surface area (Å²) in [5.74, 6) is 0.619. The molecule has 5 rings (SSSR count). The molecule has 3 aromatic rings. The molecule has 9 nitrogen and oxygen atoms in total. The van der Waals surface area contributed by atoms with Gasteiger partial charge in [0.05, 0.1) is 30.2 Å². The predicted molar refractivity (Wildman–Crippen MR) is 144 cm³/mol. The third kappa shape index (κ3) is 5.92. The topological polar surface area (TPSA) is 99.5 Å². The minimum atomic E-state index is -4.53. The second-order valence-electron chi connectivity index (χ2n) is 10.3. The monoisotopic (exact) mass is 558 g/mol. The Balaban J connectivity index is 1.22. The van der Waals surface area contributed by atoms with E-state index in [1.165, 1.54) is 12.1 Å². The molecule has 1 aromatic carbocycles. The van der Waals surface area contributed by atoms with Crippen molar-refractivity contribution in [2.45, 2.75) is 51.4 Å². The van der Waals surface area contributed by atoms with E-state index in [1.807, 2.05) is 13.8 Å². The van der Waals surface area contributed by atoms with Gasteiger partial charge in [-0.1, -0.05) is 17.3 Å². The highest BCUT2D eigenvalue weighted by atomic mass is 19.4. The number of halogens is 3. The van der Waals surface area contributed by atoms with Crippen molar-refractivity contribution in [3.63, 3.8) is 0 Å². The smallest absolute Gasteiger partial charge is 0.368 e. The Kier molecular flexibility index (Phi) is 7.99. The maximum absolute atomic E-state index is 13.3. The quantitative estimate of drug-likeness (QED) is 0.398. The standard InChI is InChI=1S/C28H33F3N6O3/c1-4-12-39-23-16-37(20-8-10-36(11-9-20)27-17(2)35-40-18(27)3)15-19(23)14-32-25(38)13-24-33-22-7-5-6-21(26(22)34-24)28(29,30)31/h4-7,14,20,23H,1,8-13,15-16H2,2-3H3,(H,32,38)(H,33,34)/b19-14+/t23-/m0/s1. The van der Waals surface area contributed by atoms with E-state index in [9.17, 15) is 18.0 Å². The van der Waals surface area contributed by atoms with E-state index in [2.05, 4.69) is 36.8 Å². The van der Waals surface area contributed by atoms with Crippen LogP contribution in [0.1, 0.15) is 35.7 Å². The molecule has 2 N–H and O–H groups in total. The Morgan fingerprint density at radius 3 is 2.75 bits per heavy atom. The van der Waals surface area contributed by atoms with E-state index in [0.29, 0.717) is 25.7 Å². The van der Waals surface area contributed by atoms with E-state index in [-0.39, 0.29) is 35.3 Å². The lowest BCUT2D eigenvalue weighted by atomic mass is 10.0. The Morgan fingerprint density at radius 1 is 1.30 bits per heavy atom. The van der Waals surface area contributed by atoms with Gasteiger partial charge in [0.2, 0.25) is 5.91 Å². The first kappa shape index (κ1) is 27.9. The van der Waals surface area contributed by atoms with Gasteiger partial charge in [-0.2, -0.15) is 13.2 Å². The summed E-state index contributed by atoms with van der Waals surface area (Å²) in [7, 11) is 0. The highest BCUT2D eigenvalue weighted by molar-refractivity contribution is 5.83. The van der Waals surface area contributed by atoms with Crippen LogP contribution in [0, 0.1) is 13.8 Å². The van der Waals surface area contributed by atoms with Crippen LogP contribution >= 0.6 is 0 Å². The number of likely N-dealkylation sites (tertiary alicyclic amines) is 1. The third-order valence-corrected chi connectivity index (χ3v) is 7.52.